The SMILES string of the molecule is C=CC1=Nc2ccc(C(C)(NC(=O)OCc3ccccc3)C(=O)O)cc2C(C)(C)C1. The summed E-state index contributed by atoms with van der Waals surface area (Å²) in [5, 5.41) is 12.4. The highest BCUT2D eigenvalue weighted by Crippen LogP contribution is 2.41. The molecule has 1 unspecified atom stereocenters. The number of aliphatic imine (C=N–C) groups is 1. The Morgan fingerprint density at radius 2 is 1.97 bits per heavy atom. The summed E-state index contributed by atoms with van der Waals surface area (Å²) in [5.41, 5.74) is 1.98. The number of carbonyl (C=O) groups excluding carboxylic acids is 1. The van der Waals surface area contributed by atoms with Crippen LogP contribution in [0.4, 0.5) is 10.5 Å². The number of carbonyl (C=O) groups is 2. The Kier molecular flexibility index (Phi) is 5.78. The van der Waals surface area contributed by atoms with E-state index >= 15 is 0 Å². The summed E-state index contributed by atoms with van der Waals surface area (Å²) in [6.07, 6.45) is 1.64. The molecule has 6 nitrogen and oxygen atoms in total. The van der Waals surface area contributed by atoms with E-state index in [9.17, 15) is 14.7 Å². The zero-order chi connectivity index (χ0) is 21.9. The van der Waals surface area contributed by atoms with Crippen molar-refractivity contribution in [1.82, 2.24) is 5.32 Å². The molecule has 1 aliphatic rings. The average Bonchev–Trinajstić information content (AvgIpc) is 2.72. The van der Waals surface area contributed by atoms with Gasteiger partial charge in [-0.05, 0) is 47.6 Å². The van der Waals surface area contributed by atoms with Crippen molar-refractivity contribution in [2.45, 2.75) is 44.8 Å². The lowest BCUT2D eigenvalue weighted by Crippen LogP contribution is -2.49. The van der Waals surface area contributed by atoms with Crippen LogP contribution in [-0.2, 0) is 27.1 Å². The van der Waals surface area contributed by atoms with Gasteiger partial charge >= 0.3 is 12.1 Å². The van der Waals surface area contributed by atoms with Crippen molar-refractivity contribution in [1.29, 1.82) is 0 Å². The number of alkyl carbamates (subject to hydrolysis) is 1. The van der Waals surface area contributed by atoms with Crippen LogP contribution in [0.1, 0.15) is 43.9 Å². The number of hydrogen-bond donors (Lipinski definition) is 2. The van der Waals surface area contributed by atoms with Gasteiger partial charge in [0.15, 0.2) is 5.54 Å². The first-order chi connectivity index (χ1) is 14.2. The highest BCUT2D eigenvalue weighted by molar-refractivity contribution is 5.99. The van der Waals surface area contributed by atoms with Gasteiger partial charge in [-0.15, -0.1) is 0 Å². The van der Waals surface area contributed by atoms with Gasteiger partial charge in [0.2, 0.25) is 0 Å². The fourth-order valence-corrected chi connectivity index (χ4v) is 3.56. The fourth-order valence-electron chi connectivity index (χ4n) is 3.56. The molecule has 1 aliphatic heterocycles. The van der Waals surface area contributed by atoms with Crippen molar-refractivity contribution >= 4 is 23.5 Å². The molecule has 3 rings (SSSR count). The molecule has 0 bridgehead atoms. The van der Waals surface area contributed by atoms with Gasteiger partial charge in [-0.2, -0.15) is 0 Å². The Balaban J connectivity index is 1.87. The molecule has 0 saturated carbocycles. The van der Waals surface area contributed by atoms with E-state index in [0.717, 1.165) is 22.5 Å². The molecule has 0 saturated heterocycles. The van der Waals surface area contributed by atoms with E-state index in [1.165, 1.54) is 6.92 Å². The van der Waals surface area contributed by atoms with Crippen LogP contribution in [0.5, 0.6) is 0 Å². The number of benzene rings is 2. The van der Waals surface area contributed by atoms with Crippen molar-refractivity contribution in [3.8, 4) is 0 Å². The third-order valence-corrected chi connectivity index (χ3v) is 5.42. The predicted molar refractivity (Wildman–Crippen MR) is 116 cm³/mol. The molecular weight excluding hydrogens is 380 g/mol. The highest BCUT2D eigenvalue weighted by atomic mass is 16.5. The maximum absolute atomic E-state index is 12.4. The molecule has 0 aliphatic carbocycles. The normalized spacial score (nSPS) is 16.4. The molecule has 0 fully saturated rings. The highest BCUT2D eigenvalue weighted by Gasteiger charge is 2.39. The Hall–Kier alpha value is -3.41. The molecule has 1 amide bonds. The number of allylic oxidation sites excluding steroid dienone is 1. The molecule has 1 heterocycles. The Morgan fingerprint density at radius 1 is 1.27 bits per heavy atom. The molecule has 0 aromatic heterocycles. The van der Waals surface area contributed by atoms with E-state index in [1.54, 1.807) is 18.2 Å². The number of rotatable bonds is 6. The second-order valence-corrected chi connectivity index (χ2v) is 8.22. The van der Waals surface area contributed by atoms with Gasteiger partial charge in [-0.3, -0.25) is 4.99 Å². The van der Waals surface area contributed by atoms with Crippen LogP contribution in [-0.4, -0.2) is 22.9 Å². The minimum Gasteiger partial charge on any atom is -0.479 e. The van der Waals surface area contributed by atoms with Gasteiger partial charge in [0.25, 0.3) is 0 Å². The zero-order valence-corrected chi connectivity index (χ0v) is 17.4. The average molecular weight is 406 g/mol. The third kappa shape index (κ3) is 4.27. The lowest BCUT2D eigenvalue weighted by atomic mass is 9.75. The van der Waals surface area contributed by atoms with Gasteiger partial charge in [-0.25, -0.2) is 9.59 Å². The van der Waals surface area contributed by atoms with Gasteiger partial charge in [0.1, 0.15) is 6.61 Å². The summed E-state index contributed by atoms with van der Waals surface area (Å²) in [5.74, 6) is -1.18. The van der Waals surface area contributed by atoms with Crippen molar-refractivity contribution < 1.29 is 19.4 Å². The molecule has 2 aromatic carbocycles. The predicted octanol–water partition coefficient (Wildman–Crippen LogP) is 4.85. The van der Waals surface area contributed by atoms with E-state index in [4.69, 9.17) is 4.74 Å². The Labute approximate surface area is 176 Å². The molecule has 30 heavy (non-hydrogen) atoms. The fraction of sp³-hybridized carbons (Fsp3) is 0.292. The molecule has 0 radical (unpaired) electrons. The lowest BCUT2D eigenvalue weighted by molar-refractivity contribution is -0.144. The summed E-state index contributed by atoms with van der Waals surface area (Å²) >= 11 is 0. The molecule has 2 aromatic rings. The molecule has 2 N–H and O–H groups in total. The second-order valence-electron chi connectivity index (χ2n) is 8.22. The number of carboxylic acids is 1. The van der Waals surface area contributed by atoms with E-state index < -0.39 is 17.6 Å². The standard InChI is InChI=1S/C24H26N2O4/c1-5-18-14-23(2,3)19-13-17(11-12-20(19)25-18)24(4,21(27)28)26-22(29)30-15-16-9-7-6-8-10-16/h5-13H,1,14-15H2,2-4H3,(H,26,29)(H,27,28). The number of amides is 1. The Morgan fingerprint density at radius 3 is 2.60 bits per heavy atom. The monoisotopic (exact) mass is 406 g/mol. The van der Waals surface area contributed by atoms with Crippen molar-refractivity contribution in [2.24, 2.45) is 4.99 Å². The minimum atomic E-state index is -1.65. The van der Waals surface area contributed by atoms with Crippen LogP contribution < -0.4 is 5.32 Å². The first kappa shape index (κ1) is 21.3. The van der Waals surface area contributed by atoms with E-state index in [0.29, 0.717) is 12.0 Å². The summed E-state index contributed by atoms with van der Waals surface area (Å²) in [7, 11) is 0. The number of hydrogen-bond acceptors (Lipinski definition) is 4. The molecular formula is C24H26N2O4. The van der Waals surface area contributed by atoms with Crippen LogP contribution in [0.25, 0.3) is 0 Å². The quantitative estimate of drug-likeness (QED) is 0.718. The minimum absolute atomic E-state index is 0.0542. The van der Waals surface area contributed by atoms with Crippen LogP contribution >= 0.6 is 0 Å². The van der Waals surface area contributed by atoms with E-state index in [2.05, 4.69) is 30.7 Å². The summed E-state index contributed by atoms with van der Waals surface area (Å²) in [6, 6.07) is 14.5. The first-order valence-electron chi connectivity index (χ1n) is 9.73. The number of ether oxygens (including phenoxy) is 1. The molecule has 156 valence electrons. The van der Waals surface area contributed by atoms with Crippen molar-refractivity contribution in [2.75, 3.05) is 0 Å². The number of aliphatic carboxylic acids is 1. The van der Waals surface area contributed by atoms with E-state index in [1.807, 2.05) is 36.4 Å². The smallest absolute Gasteiger partial charge is 0.408 e. The summed E-state index contributed by atoms with van der Waals surface area (Å²) < 4.78 is 5.23. The number of nitrogens with zero attached hydrogens (tertiary/aromatic N) is 1. The summed E-state index contributed by atoms with van der Waals surface area (Å²) in [4.78, 5) is 29.1. The maximum atomic E-state index is 12.4. The zero-order valence-electron chi connectivity index (χ0n) is 17.4. The summed E-state index contributed by atoms with van der Waals surface area (Å²) in [6.45, 7) is 9.47. The first-order valence-corrected chi connectivity index (χ1v) is 9.73. The molecule has 0 spiro atoms. The maximum Gasteiger partial charge on any atom is 0.408 e. The number of carboxylic acid groups (broad SMARTS) is 1. The number of nitrogens with one attached hydrogen (secondary N) is 1. The topological polar surface area (TPSA) is 88.0 Å². The lowest BCUT2D eigenvalue weighted by Gasteiger charge is -2.33. The van der Waals surface area contributed by atoms with Crippen LogP contribution in [0, 0.1) is 0 Å². The van der Waals surface area contributed by atoms with Gasteiger partial charge in [0, 0.05) is 5.71 Å². The largest absolute Gasteiger partial charge is 0.479 e. The van der Waals surface area contributed by atoms with Crippen LogP contribution in [0.3, 0.4) is 0 Å². The second kappa shape index (κ2) is 8.14. The van der Waals surface area contributed by atoms with Crippen LogP contribution in [0.2, 0.25) is 0 Å². The van der Waals surface area contributed by atoms with Crippen molar-refractivity contribution in [3.05, 3.63) is 77.9 Å². The number of fused-ring (bicyclic) bond motifs is 1. The van der Waals surface area contributed by atoms with Gasteiger partial charge in [-0.1, -0.05) is 62.9 Å². The Bertz CT molecular complexity index is 1010. The van der Waals surface area contributed by atoms with Crippen LogP contribution in [0.15, 0.2) is 66.2 Å². The van der Waals surface area contributed by atoms with Crippen molar-refractivity contribution in [3.63, 3.8) is 0 Å². The van der Waals surface area contributed by atoms with Gasteiger partial charge in [0.05, 0.1) is 5.69 Å². The molecule has 6 heteroatoms. The third-order valence-electron chi connectivity index (χ3n) is 5.42. The molecule has 1 atom stereocenters. The van der Waals surface area contributed by atoms with E-state index in [-0.39, 0.29) is 12.0 Å². The van der Waals surface area contributed by atoms with Gasteiger partial charge < -0.3 is 15.2 Å².